The maximum Gasteiger partial charge on any atom is 0.263 e. The quantitative estimate of drug-likeness (QED) is 0.452. The molecule has 0 spiro atoms. The molecule has 1 amide bonds. The van der Waals surface area contributed by atoms with Crippen molar-refractivity contribution in [1.29, 1.82) is 0 Å². The van der Waals surface area contributed by atoms with Gasteiger partial charge in [-0.15, -0.1) is 11.3 Å². The van der Waals surface area contributed by atoms with Gasteiger partial charge in [0.05, 0.1) is 24.5 Å². The van der Waals surface area contributed by atoms with Crippen molar-refractivity contribution >= 4 is 43.2 Å². The van der Waals surface area contributed by atoms with Crippen LogP contribution in [-0.4, -0.2) is 67.5 Å². The van der Waals surface area contributed by atoms with Crippen LogP contribution < -0.4 is 20.5 Å². The van der Waals surface area contributed by atoms with Gasteiger partial charge in [-0.05, 0) is 37.3 Å². The molecule has 0 bridgehead atoms. The molecule has 2 aliphatic rings. The number of sulfonamides is 1. The summed E-state index contributed by atoms with van der Waals surface area (Å²) in [6, 6.07) is 7.73. The first-order valence-electron chi connectivity index (χ1n) is 13.8. The fourth-order valence-corrected chi connectivity index (χ4v) is 9.01. The first-order valence-corrected chi connectivity index (χ1v) is 16.0. The van der Waals surface area contributed by atoms with Crippen molar-refractivity contribution in [3.05, 3.63) is 45.8 Å². The van der Waals surface area contributed by atoms with Gasteiger partial charge in [0.2, 0.25) is 15.9 Å². The highest BCUT2D eigenvalue weighted by Gasteiger charge is 2.34. The van der Waals surface area contributed by atoms with Gasteiger partial charge in [-0.25, -0.2) is 13.4 Å². The summed E-state index contributed by atoms with van der Waals surface area (Å²) in [6.45, 7) is 7.36. The van der Waals surface area contributed by atoms with Crippen LogP contribution in [0.15, 0.2) is 40.3 Å². The fourth-order valence-electron chi connectivity index (χ4n) is 5.92. The van der Waals surface area contributed by atoms with E-state index in [0.29, 0.717) is 34.6 Å². The maximum absolute atomic E-state index is 13.9. The van der Waals surface area contributed by atoms with Crippen molar-refractivity contribution in [2.75, 3.05) is 38.2 Å². The summed E-state index contributed by atoms with van der Waals surface area (Å²) >= 11 is 1.18. The van der Waals surface area contributed by atoms with Crippen LogP contribution in [0.4, 0.5) is 5.69 Å². The minimum atomic E-state index is -3.97. The molecule has 1 N–H and O–H groups in total. The molecule has 3 aromatic rings. The molecule has 1 aliphatic carbocycles. The minimum absolute atomic E-state index is 0.000211. The Labute approximate surface area is 239 Å². The second kappa shape index (κ2) is 11.5. The number of aromatic nitrogens is 2. The average Bonchev–Trinajstić information content (AvgIpc) is 3.30. The molecular formula is C28H37N5O5S2. The Balaban J connectivity index is 1.37. The maximum atomic E-state index is 13.9. The SMILES string of the molecule is COc1ccccc1N1CCN(S(=O)(=O)c2c(C)sc3ncn(CC(=O)N[C@@H]4CCC[C@H](C)[C@@H]4C)c(=O)c23)CC1. The number of ether oxygens (including phenoxy) is 1. The van der Waals surface area contributed by atoms with Gasteiger partial charge in [-0.1, -0.05) is 38.8 Å². The van der Waals surface area contributed by atoms with E-state index in [4.69, 9.17) is 4.74 Å². The zero-order valence-corrected chi connectivity index (χ0v) is 25.1. The molecule has 1 saturated carbocycles. The number of para-hydroxylation sites is 2. The molecule has 10 nitrogen and oxygen atoms in total. The zero-order chi connectivity index (χ0) is 28.6. The lowest BCUT2D eigenvalue weighted by molar-refractivity contribution is -0.123. The number of fused-ring (bicyclic) bond motifs is 1. The molecular weight excluding hydrogens is 550 g/mol. The molecule has 12 heteroatoms. The minimum Gasteiger partial charge on any atom is -0.495 e. The van der Waals surface area contributed by atoms with Crippen LogP contribution in [0.1, 0.15) is 38.0 Å². The van der Waals surface area contributed by atoms with Gasteiger partial charge in [0.15, 0.2) is 0 Å². The Morgan fingerprint density at radius 1 is 1.15 bits per heavy atom. The molecule has 1 saturated heterocycles. The summed E-state index contributed by atoms with van der Waals surface area (Å²) in [6.07, 6.45) is 4.47. The second-order valence-electron chi connectivity index (χ2n) is 10.8. The number of benzene rings is 1. The number of methoxy groups -OCH3 is 1. The predicted molar refractivity (Wildman–Crippen MR) is 157 cm³/mol. The van der Waals surface area contributed by atoms with E-state index in [1.807, 2.05) is 24.3 Å². The van der Waals surface area contributed by atoms with E-state index in [2.05, 4.69) is 29.0 Å². The van der Waals surface area contributed by atoms with Gasteiger partial charge in [0, 0.05) is 37.1 Å². The van der Waals surface area contributed by atoms with Gasteiger partial charge in [-0.3, -0.25) is 14.2 Å². The molecule has 5 rings (SSSR count). The Bertz CT molecular complexity index is 1560. The molecule has 0 radical (unpaired) electrons. The largest absolute Gasteiger partial charge is 0.495 e. The summed E-state index contributed by atoms with van der Waals surface area (Å²) in [4.78, 5) is 33.9. The third-order valence-corrected chi connectivity index (χ3v) is 11.6. The molecule has 216 valence electrons. The lowest BCUT2D eigenvalue weighted by Crippen LogP contribution is -2.49. The molecule has 2 fully saturated rings. The third kappa shape index (κ3) is 5.36. The Kier molecular flexibility index (Phi) is 8.21. The van der Waals surface area contributed by atoms with Crippen molar-refractivity contribution < 1.29 is 17.9 Å². The summed E-state index contributed by atoms with van der Waals surface area (Å²) in [5, 5.41) is 3.15. The number of amides is 1. The number of carbonyl (C=O) groups is 1. The van der Waals surface area contributed by atoms with Gasteiger partial charge >= 0.3 is 0 Å². The molecule has 0 unspecified atom stereocenters. The Hall–Kier alpha value is -2.96. The van der Waals surface area contributed by atoms with Gasteiger partial charge < -0.3 is 15.0 Å². The molecule has 1 aliphatic heterocycles. The average molecular weight is 588 g/mol. The topological polar surface area (TPSA) is 114 Å². The number of nitrogens with one attached hydrogen (secondary N) is 1. The smallest absolute Gasteiger partial charge is 0.263 e. The van der Waals surface area contributed by atoms with Crippen molar-refractivity contribution in [3.8, 4) is 5.75 Å². The number of piperazine rings is 1. The number of carbonyl (C=O) groups excluding carboxylic acids is 1. The van der Waals surface area contributed by atoms with Crippen molar-refractivity contribution in [3.63, 3.8) is 0 Å². The first-order chi connectivity index (χ1) is 19.1. The standard InChI is InChI=1S/C28H37N5O5S2/c1-18-8-7-9-21(19(18)2)30-24(34)16-32-17-29-27-25(28(32)35)26(20(3)39-27)40(36,37)33-14-12-31(13-15-33)22-10-5-6-11-23(22)38-4/h5-6,10-11,17-19,21H,7-9,12-16H2,1-4H3,(H,30,34)/t18-,19-,21+/m0/s1. The molecule has 1 aromatic carbocycles. The van der Waals surface area contributed by atoms with E-state index >= 15 is 0 Å². The van der Waals surface area contributed by atoms with Crippen LogP contribution in [-0.2, 0) is 21.4 Å². The Morgan fingerprint density at radius 2 is 1.88 bits per heavy atom. The zero-order valence-electron chi connectivity index (χ0n) is 23.4. The molecule has 40 heavy (non-hydrogen) atoms. The van der Waals surface area contributed by atoms with Gasteiger partial charge in [0.25, 0.3) is 5.56 Å². The summed E-state index contributed by atoms with van der Waals surface area (Å²) in [5.74, 6) is 1.35. The number of rotatable bonds is 7. The lowest BCUT2D eigenvalue weighted by atomic mass is 9.78. The van der Waals surface area contributed by atoms with Crippen molar-refractivity contribution in [2.24, 2.45) is 11.8 Å². The Morgan fingerprint density at radius 3 is 2.60 bits per heavy atom. The number of hydrogen-bond donors (Lipinski definition) is 1. The highest BCUT2D eigenvalue weighted by Crippen LogP contribution is 2.34. The van der Waals surface area contributed by atoms with Crippen LogP contribution in [0, 0.1) is 18.8 Å². The van der Waals surface area contributed by atoms with Crippen LogP contribution in [0.5, 0.6) is 5.75 Å². The lowest BCUT2D eigenvalue weighted by Gasteiger charge is -2.36. The van der Waals surface area contributed by atoms with Crippen LogP contribution in [0.3, 0.4) is 0 Å². The highest BCUT2D eigenvalue weighted by molar-refractivity contribution is 7.89. The van der Waals surface area contributed by atoms with E-state index in [-0.39, 0.29) is 41.9 Å². The summed E-state index contributed by atoms with van der Waals surface area (Å²) in [7, 11) is -2.35. The third-order valence-electron chi connectivity index (χ3n) is 8.43. The number of aryl methyl sites for hydroxylation is 1. The number of nitrogens with zero attached hydrogens (tertiary/aromatic N) is 4. The van der Waals surface area contributed by atoms with E-state index in [0.717, 1.165) is 30.7 Å². The van der Waals surface area contributed by atoms with E-state index in [1.165, 1.54) is 26.5 Å². The number of thiophene rings is 1. The van der Waals surface area contributed by atoms with Crippen molar-refractivity contribution in [1.82, 2.24) is 19.2 Å². The summed E-state index contributed by atoms with van der Waals surface area (Å²) in [5.41, 5.74) is 0.405. The van der Waals surface area contributed by atoms with E-state index < -0.39 is 15.6 Å². The normalized spacial score (nSPS) is 22.4. The van der Waals surface area contributed by atoms with Crippen LogP contribution in [0.25, 0.3) is 10.2 Å². The van der Waals surface area contributed by atoms with E-state index in [9.17, 15) is 18.0 Å². The van der Waals surface area contributed by atoms with Crippen LogP contribution >= 0.6 is 11.3 Å². The molecule has 3 atom stereocenters. The monoisotopic (exact) mass is 587 g/mol. The van der Waals surface area contributed by atoms with E-state index in [1.54, 1.807) is 14.0 Å². The fraction of sp³-hybridized carbons (Fsp3) is 0.536. The van der Waals surface area contributed by atoms with Crippen molar-refractivity contribution in [2.45, 2.75) is 57.5 Å². The second-order valence-corrected chi connectivity index (χ2v) is 13.9. The number of anilines is 1. The molecule has 3 heterocycles. The van der Waals surface area contributed by atoms with Gasteiger partial charge in [0.1, 0.15) is 22.0 Å². The predicted octanol–water partition coefficient (Wildman–Crippen LogP) is 3.23. The number of hydrogen-bond acceptors (Lipinski definition) is 8. The summed E-state index contributed by atoms with van der Waals surface area (Å²) < 4.78 is 35.9. The van der Waals surface area contributed by atoms with Gasteiger partial charge in [-0.2, -0.15) is 4.31 Å². The first kappa shape index (κ1) is 28.6. The van der Waals surface area contributed by atoms with Crippen LogP contribution in [0.2, 0.25) is 0 Å². The molecule has 2 aromatic heterocycles. The highest BCUT2D eigenvalue weighted by atomic mass is 32.2.